The summed E-state index contributed by atoms with van der Waals surface area (Å²) in [5.74, 6) is -0.804. The molecule has 1 fully saturated rings. The van der Waals surface area contributed by atoms with E-state index >= 15 is 0 Å². The number of hydrogen-bond acceptors (Lipinski definition) is 3. The van der Waals surface area contributed by atoms with Crippen LogP contribution in [0.3, 0.4) is 0 Å². The molecular weight excluding hydrogens is 407 g/mol. The second-order valence-electron chi connectivity index (χ2n) is 7.81. The van der Waals surface area contributed by atoms with Gasteiger partial charge in [-0.25, -0.2) is 9.18 Å². The summed E-state index contributed by atoms with van der Waals surface area (Å²) in [6.07, 6.45) is 7.49. The predicted octanol–water partition coefficient (Wildman–Crippen LogP) is 5.62. The Hall–Kier alpha value is -3.74. The molecule has 4 rings (SSSR count). The van der Waals surface area contributed by atoms with Crippen molar-refractivity contribution in [3.63, 3.8) is 0 Å². The number of nitrogens with one attached hydrogen (secondary N) is 2. The number of nitrogens with zero attached hydrogens (tertiary/aromatic N) is 2. The standard InChI is InChI=1S/C25H25FN4O2/c26-20-7-5-9-22(17-20)28-24(31)19-6-4-8-21(16-19)29-25(32)30-15-3-1-2-10-23(30)18-11-13-27-14-12-18/h4-9,11-14,16-17,23H,1-3,10,15H2,(H,28,31)(H,29,32). The van der Waals surface area contributed by atoms with Crippen LogP contribution >= 0.6 is 0 Å². The summed E-state index contributed by atoms with van der Waals surface area (Å²) in [6.45, 7) is 0.665. The maximum absolute atomic E-state index is 13.4. The minimum absolute atomic E-state index is 0.0139. The van der Waals surface area contributed by atoms with Gasteiger partial charge in [-0.2, -0.15) is 0 Å². The van der Waals surface area contributed by atoms with Crippen LogP contribution in [0, 0.1) is 5.82 Å². The SMILES string of the molecule is O=C(Nc1cccc(F)c1)c1cccc(NC(=O)N2CCCCCC2c2ccncc2)c1. The summed E-state index contributed by atoms with van der Waals surface area (Å²) in [7, 11) is 0. The second kappa shape index (κ2) is 10.0. The van der Waals surface area contributed by atoms with E-state index in [9.17, 15) is 14.0 Å². The highest BCUT2D eigenvalue weighted by Gasteiger charge is 2.27. The van der Waals surface area contributed by atoms with Crippen molar-refractivity contribution in [2.24, 2.45) is 0 Å². The lowest BCUT2D eigenvalue weighted by Crippen LogP contribution is -2.38. The minimum atomic E-state index is -0.426. The summed E-state index contributed by atoms with van der Waals surface area (Å²) in [5.41, 5.74) is 2.34. The molecule has 32 heavy (non-hydrogen) atoms. The van der Waals surface area contributed by atoms with Crippen molar-refractivity contribution >= 4 is 23.3 Å². The number of carbonyl (C=O) groups is 2. The molecule has 1 saturated heterocycles. The molecule has 6 nitrogen and oxygen atoms in total. The molecule has 1 unspecified atom stereocenters. The molecule has 0 aliphatic carbocycles. The Kier molecular flexibility index (Phi) is 6.75. The molecule has 1 aliphatic heterocycles. The van der Waals surface area contributed by atoms with Gasteiger partial charge in [0.2, 0.25) is 0 Å². The summed E-state index contributed by atoms with van der Waals surface area (Å²) in [5, 5.41) is 5.61. The highest BCUT2D eigenvalue weighted by Crippen LogP contribution is 2.30. The zero-order valence-electron chi connectivity index (χ0n) is 17.6. The van der Waals surface area contributed by atoms with E-state index in [1.807, 2.05) is 17.0 Å². The summed E-state index contributed by atoms with van der Waals surface area (Å²) >= 11 is 0. The Labute approximate surface area is 186 Å². The van der Waals surface area contributed by atoms with Crippen molar-refractivity contribution in [2.45, 2.75) is 31.7 Å². The number of carbonyl (C=O) groups excluding carboxylic acids is 2. The van der Waals surface area contributed by atoms with E-state index in [0.29, 0.717) is 23.5 Å². The first kappa shape index (κ1) is 21.5. The molecule has 1 atom stereocenters. The van der Waals surface area contributed by atoms with Crippen LogP contribution in [0.2, 0.25) is 0 Å². The highest BCUT2D eigenvalue weighted by atomic mass is 19.1. The molecule has 0 spiro atoms. The number of halogens is 1. The van der Waals surface area contributed by atoms with E-state index in [2.05, 4.69) is 15.6 Å². The van der Waals surface area contributed by atoms with Crippen LogP contribution in [-0.4, -0.2) is 28.4 Å². The average molecular weight is 432 g/mol. The van der Waals surface area contributed by atoms with E-state index in [4.69, 9.17) is 0 Å². The molecule has 164 valence electrons. The van der Waals surface area contributed by atoms with Crippen LogP contribution in [0.25, 0.3) is 0 Å². The van der Waals surface area contributed by atoms with Gasteiger partial charge in [0.05, 0.1) is 6.04 Å². The summed E-state index contributed by atoms with van der Waals surface area (Å²) in [4.78, 5) is 31.7. The van der Waals surface area contributed by atoms with Crippen molar-refractivity contribution in [2.75, 3.05) is 17.2 Å². The van der Waals surface area contributed by atoms with E-state index in [1.54, 1.807) is 42.7 Å². The van der Waals surface area contributed by atoms with Gasteiger partial charge in [0, 0.05) is 35.9 Å². The quantitative estimate of drug-likeness (QED) is 0.562. The number of benzene rings is 2. The van der Waals surface area contributed by atoms with Crippen LogP contribution < -0.4 is 10.6 Å². The molecule has 1 aliphatic rings. The van der Waals surface area contributed by atoms with E-state index in [-0.39, 0.29) is 18.0 Å². The van der Waals surface area contributed by atoms with Crippen LogP contribution in [0.4, 0.5) is 20.6 Å². The maximum Gasteiger partial charge on any atom is 0.322 e. The van der Waals surface area contributed by atoms with Crippen molar-refractivity contribution < 1.29 is 14.0 Å². The maximum atomic E-state index is 13.4. The van der Waals surface area contributed by atoms with Gasteiger partial charge in [-0.1, -0.05) is 25.0 Å². The van der Waals surface area contributed by atoms with E-state index < -0.39 is 5.82 Å². The fourth-order valence-electron chi connectivity index (χ4n) is 3.99. The van der Waals surface area contributed by atoms with Gasteiger partial charge in [-0.15, -0.1) is 0 Å². The van der Waals surface area contributed by atoms with Gasteiger partial charge in [-0.05, 0) is 66.9 Å². The number of hydrogen-bond donors (Lipinski definition) is 2. The van der Waals surface area contributed by atoms with Gasteiger partial charge in [0.25, 0.3) is 5.91 Å². The molecule has 0 radical (unpaired) electrons. The largest absolute Gasteiger partial charge is 0.322 e. The lowest BCUT2D eigenvalue weighted by atomic mass is 10.0. The zero-order valence-corrected chi connectivity index (χ0v) is 17.6. The molecular formula is C25H25FN4O2. The number of amides is 3. The van der Waals surface area contributed by atoms with E-state index in [0.717, 1.165) is 31.2 Å². The number of aromatic nitrogens is 1. The molecule has 0 saturated carbocycles. The zero-order chi connectivity index (χ0) is 22.3. The summed E-state index contributed by atoms with van der Waals surface area (Å²) < 4.78 is 13.4. The first-order chi connectivity index (χ1) is 15.6. The molecule has 2 aromatic carbocycles. The van der Waals surface area contributed by atoms with Gasteiger partial charge < -0.3 is 15.5 Å². The minimum Gasteiger partial charge on any atom is -0.322 e. The number of likely N-dealkylation sites (tertiary alicyclic amines) is 1. The van der Waals surface area contributed by atoms with Gasteiger partial charge >= 0.3 is 6.03 Å². The fourth-order valence-corrected chi connectivity index (χ4v) is 3.99. The van der Waals surface area contributed by atoms with Crippen LogP contribution in [0.15, 0.2) is 73.1 Å². The number of pyridine rings is 1. The Balaban J connectivity index is 1.48. The third-order valence-corrected chi connectivity index (χ3v) is 5.56. The third kappa shape index (κ3) is 5.29. The van der Waals surface area contributed by atoms with Crippen LogP contribution in [-0.2, 0) is 0 Å². The molecule has 7 heteroatoms. The summed E-state index contributed by atoms with van der Waals surface area (Å²) in [6, 6.07) is 16.1. The van der Waals surface area contributed by atoms with Gasteiger partial charge in [-0.3, -0.25) is 9.78 Å². The smallest absolute Gasteiger partial charge is 0.322 e. The number of urea groups is 1. The fraction of sp³-hybridized carbons (Fsp3) is 0.240. The molecule has 1 aromatic heterocycles. The monoisotopic (exact) mass is 432 g/mol. The third-order valence-electron chi connectivity index (χ3n) is 5.56. The number of rotatable bonds is 4. The van der Waals surface area contributed by atoms with Crippen LogP contribution in [0.5, 0.6) is 0 Å². The topological polar surface area (TPSA) is 74.3 Å². The molecule has 0 bridgehead atoms. The lowest BCUT2D eigenvalue weighted by Gasteiger charge is -2.30. The normalized spacial score (nSPS) is 16.2. The molecule has 3 aromatic rings. The molecule has 2 N–H and O–H groups in total. The second-order valence-corrected chi connectivity index (χ2v) is 7.81. The van der Waals surface area contributed by atoms with Crippen molar-refractivity contribution in [1.29, 1.82) is 0 Å². The Bertz CT molecular complexity index is 1090. The van der Waals surface area contributed by atoms with Crippen molar-refractivity contribution in [1.82, 2.24) is 9.88 Å². The highest BCUT2D eigenvalue weighted by molar-refractivity contribution is 6.05. The van der Waals surface area contributed by atoms with E-state index in [1.165, 1.54) is 18.2 Å². The van der Waals surface area contributed by atoms with Gasteiger partial charge in [0.1, 0.15) is 5.82 Å². The first-order valence-electron chi connectivity index (χ1n) is 10.7. The Morgan fingerprint density at radius 3 is 2.44 bits per heavy atom. The Morgan fingerprint density at radius 1 is 0.906 bits per heavy atom. The molecule has 3 amide bonds. The first-order valence-corrected chi connectivity index (χ1v) is 10.7. The average Bonchev–Trinajstić information content (AvgIpc) is 3.06. The molecule has 2 heterocycles. The Morgan fingerprint density at radius 2 is 1.66 bits per heavy atom. The van der Waals surface area contributed by atoms with Crippen molar-refractivity contribution in [3.8, 4) is 0 Å². The van der Waals surface area contributed by atoms with Gasteiger partial charge in [0.15, 0.2) is 0 Å². The predicted molar refractivity (Wildman–Crippen MR) is 122 cm³/mol. The van der Waals surface area contributed by atoms with Crippen molar-refractivity contribution in [3.05, 3.63) is 90.0 Å². The van der Waals surface area contributed by atoms with Crippen LogP contribution in [0.1, 0.15) is 47.6 Å². The lowest BCUT2D eigenvalue weighted by molar-refractivity contribution is 0.102. The number of anilines is 2.